The van der Waals surface area contributed by atoms with Crippen LogP contribution in [0.5, 0.6) is 0 Å². The number of rotatable bonds is 7. The second kappa shape index (κ2) is 8.53. The van der Waals surface area contributed by atoms with Crippen LogP contribution < -0.4 is 11.1 Å². The number of nitrogens with two attached hydrogens (primary N) is 1. The average molecular weight is 457 g/mol. The van der Waals surface area contributed by atoms with Gasteiger partial charge < -0.3 is 31.1 Å². The number of aliphatic hydroxyl groups excluding tert-OH is 2. The highest BCUT2D eigenvalue weighted by molar-refractivity contribution is 5.82. The van der Waals surface area contributed by atoms with Crippen molar-refractivity contribution in [3.8, 4) is 11.8 Å². The summed E-state index contributed by atoms with van der Waals surface area (Å²) in [5, 5.41) is 33.0. The van der Waals surface area contributed by atoms with E-state index in [1.54, 1.807) is 0 Å². The topological polar surface area (TPSA) is 169 Å². The third kappa shape index (κ3) is 4.39. The summed E-state index contributed by atoms with van der Waals surface area (Å²) in [7, 11) is 0. The van der Waals surface area contributed by atoms with Crippen LogP contribution in [0.3, 0.4) is 0 Å². The van der Waals surface area contributed by atoms with Crippen molar-refractivity contribution in [1.29, 1.82) is 0 Å². The summed E-state index contributed by atoms with van der Waals surface area (Å²) in [4.78, 5) is 25.2. The first-order valence-electron chi connectivity index (χ1n) is 11.3. The molecule has 0 spiro atoms. The molecule has 3 aliphatic rings. The first-order chi connectivity index (χ1) is 15.9. The van der Waals surface area contributed by atoms with Crippen LogP contribution in [0.4, 0.5) is 5.82 Å². The van der Waals surface area contributed by atoms with Gasteiger partial charge in [-0.1, -0.05) is 5.92 Å². The summed E-state index contributed by atoms with van der Waals surface area (Å²) in [5.74, 6) is 6.39. The molecule has 2 aromatic rings. The monoisotopic (exact) mass is 456 g/mol. The van der Waals surface area contributed by atoms with Crippen LogP contribution in [-0.2, 0) is 16.3 Å². The Bertz CT molecular complexity index is 1120. The van der Waals surface area contributed by atoms with Gasteiger partial charge in [0.1, 0.15) is 24.0 Å². The van der Waals surface area contributed by atoms with Crippen LogP contribution in [0.25, 0.3) is 11.2 Å². The summed E-state index contributed by atoms with van der Waals surface area (Å²) >= 11 is 0. The second-order valence-corrected chi connectivity index (χ2v) is 9.32. The Morgan fingerprint density at radius 3 is 2.85 bits per heavy atom. The zero-order chi connectivity index (χ0) is 23.2. The van der Waals surface area contributed by atoms with E-state index in [0.29, 0.717) is 23.5 Å². The Morgan fingerprint density at radius 2 is 2.18 bits per heavy atom. The van der Waals surface area contributed by atoms with Gasteiger partial charge in [0.25, 0.3) is 5.91 Å². The molecule has 2 bridgehead atoms. The van der Waals surface area contributed by atoms with Gasteiger partial charge in [-0.25, -0.2) is 15.0 Å². The predicted octanol–water partition coefficient (Wildman–Crippen LogP) is -0.714. The van der Waals surface area contributed by atoms with Crippen LogP contribution in [0, 0.1) is 23.7 Å². The number of carbonyl (C=O) groups is 1. The Morgan fingerprint density at radius 1 is 1.36 bits per heavy atom. The fourth-order valence-corrected chi connectivity index (χ4v) is 4.86. The quantitative estimate of drug-likeness (QED) is 0.338. The molecule has 5 rings (SSSR count). The van der Waals surface area contributed by atoms with Crippen molar-refractivity contribution < 1.29 is 24.9 Å². The molecule has 0 saturated heterocycles. The molecule has 6 N–H and O–H groups in total. The molecule has 3 aliphatic carbocycles. The van der Waals surface area contributed by atoms with Gasteiger partial charge in [-0.15, -0.1) is 0 Å². The number of ether oxygens (including phenoxy) is 1. The lowest BCUT2D eigenvalue weighted by molar-refractivity contribution is -0.147. The third-order valence-electron chi connectivity index (χ3n) is 6.81. The fraction of sp³-hybridized carbons (Fsp3) is 0.636. The number of nitrogens with zero attached hydrogens (tertiary/aromatic N) is 4. The van der Waals surface area contributed by atoms with Gasteiger partial charge in [-0.2, -0.15) is 0 Å². The van der Waals surface area contributed by atoms with E-state index >= 15 is 0 Å². The van der Waals surface area contributed by atoms with E-state index in [9.17, 15) is 20.1 Å². The Labute approximate surface area is 190 Å². The van der Waals surface area contributed by atoms with Gasteiger partial charge in [0.15, 0.2) is 17.6 Å². The number of fused-ring (bicyclic) bond motifs is 3. The van der Waals surface area contributed by atoms with Gasteiger partial charge in [-0.05, 0) is 56.3 Å². The molecular formula is C22H28N6O5. The van der Waals surface area contributed by atoms with E-state index in [2.05, 4.69) is 32.1 Å². The minimum Gasteiger partial charge on any atom is -0.394 e. The van der Waals surface area contributed by atoms with Gasteiger partial charge in [0, 0.05) is 6.04 Å². The van der Waals surface area contributed by atoms with Crippen LogP contribution in [0.2, 0.25) is 0 Å². The van der Waals surface area contributed by atoms with E-state index in [4.69, 9.17) is 10.5 Å². The molecule has 0 aromatic carbocycles. The van der Waals surface area contributed by atoms with E-state index in [-0.39, 0.29) is 30.3 Å². The molecule has 1 amide bonds. The van der Waals surface area contributed by atoms with Crippen molar-refractivity contribution in [3.05, 3.63) is 12.2 Å². The lowest BCUT2D eigenvalue weighted by atomic mass is 9.85. The minimum absolute atomic E-state index is 0.0853. The Balaban J connectivity index is 1.35. The summed E-state index contributed by atoms with van der Waals surface area (Å²) in [6.45, 7) is -0.777. The lowest BCUT2D eigenvalue weighted by Gasteiger charge is -2.26. The van der Waals surface area contributed by atoms with Crippen molar-refractivity contribution in [2.24, 2.45) is 11.8 Å². The van der Waals surface area contributed by atoms with Crippen LogP contribution in [0.15, 0.2) is 6.33 Å². The number of aliphatic hydroxyl groups is 3. The summed E-state index contributed by atoms with van der Waals surface area (Å²) in [6.07, 6.45) is 4.40. The maximum atomic E-state index is 12.4. The fourth-order valence-electron chi connectivity index (χ4n) is 4.86. The molecule has 2 aromatic heterocycles. The van der Waals surface area contributed by atoms with Gasteiger partial charge in [0.05, 0.1) is 12.9 Å². The highest BCUT2D eigenvalue weighted by Gasteiger charge is 2.49. The lowest BCUT2D eigenvalue weighted by Crippen LogP contribution is -2.46. The number of imidazole rings is 1. The molecule has 0 radical (unpaired) electrons. The van der Waals surface area contributed by atoms with Crippen LogP contribution in [0.1, 0.15) is 44.3 Å². The number of amides is 1. The first kappa shape index (κ1) is 22.0. The number of aromatic nitrogens is 4. The zero-order valence-electron chi connectivity index (χ0n) is 18.1. The number of hydrogen-bond acceptors (Lipinski definition) is 9. The first-order valence-corrected chi connectivity index (χ1v) is 11.3. The maximum absolute atomic E-state index is 12.4. The molecule has 5 atom stereocenters. The summed E-state index contributed by atoms with van der Waals surface area (Å²) < 4.78 is 7.15. The smallest absolute Gasteiger partial charge is 0.252 e. The minimum atomic E-state index is -1.37. The number of hydrogen-bond donors (Lipinski definition) is 5. The summed E-state index contributed by atoms with van der Waals surface area (Å²) in [5.41, 5.74) is 5.74. The number of nitrogen functional groups attached to an aromatic ring is 1. The predicted molar refractivity (Wildman–Crippen MR) is 116 cm³/mol. The van der Waals surface area contributed by atoms with E-state index in [1.807, 2.05) is 0 Å². The highest BCUT2D eigenvalue weighted by atomic mass is 16.5. The second-order valence-electron chi connectivity index (χ2n) is 9.32. The largest absolute Gasteiger partial charge is 0.394 e. The summed E-state index contributed by atoms with van der Waals surface area (Å²) in [6, 6.07) is 0.0853. The number of nitrogens with one attached hydrogen (secondary N) is 1. The highest BCUT2D eigenvalue weighted by Crippen LogP contribution is 2.50. The molecule has 3 fully saturated rings. The van der Waals surface area contributed by atoms with E-state index < -0.39 is 30.3 Å². The van der Waals surface area contributed by atoms with Gasteiger partial charge >= 0.3 is 0 Å². The number of anilines is 1. The molecule has 176 valence electrons. The SMILES string of the molecule is Nc1nc(C#CC2(O)CC3CCC2C3)nc2c1ncn2CO[C@H](C(=O)NC1CC1)C(O)CO. The normalized spacial score (nSPS) is 27.8. The van der Waals surface area contributed by atoms with Crippen LogP contribution in [-0.4, -0.2) is 71.2 Å². The molecule has 11 heteroatoms. The molecule has 33 heavy (non-hydrogen) atoms. The molecule has 2 heterocycles. The molecule has 3 saturated carbocycles. The van der Waals surface area contributed by atoms with Crippen molar-refractivity contribution in [1.82, 2.24) is 24.8 Å². The van der Waals surface area contributed by atoms with E-state index in [0.717, 1.165) is 32.1 Å². The van der Waals surface area contributed by atoms with Crippen molar-refractivity contribution in [2.75, 3.05) is 12.3 Å². The molecule has 11 nitrogen and oxygen atoms in total. The Kier molecular flexibility index (Phi) is 5.70. The van der Waals surface area contributed by atoms with Crippen LogP contribution >= 0.6 is 0 Å². The van der Waals surface area contributed by atoms with Crippen molar-refractivity contribution >= 4 is 22.9 Å². The average Bonchev–Trinajstić information content (AvgIpc) is 3.19. The standard InChI is InChI=1S/C22H28N6O5/c23-19-17-20(27-16(26-19)5-6-22(32)8-12-1-2-13(22)7-12)28(10-24-17)11-33-18(15(30)9-29)21(31)25-14-3-4-14/h10,12-15,18,29-30,32H,1-4,7-9,11H2,(H,25,31)(H2,23,26,27)/t12?,13?,15?,18-,22?/m0/s1. The van der Waals surface area contributed by atoms with E-state index in [1.165, 1.54) is 10.9 Å². The van der Waals surface area contributed by atoms with Gasteiger partial charge in [-0.3, -0.25) is 9.36 Å². The molecular weight excluding hydrogens is 428 g/mol. The van der Waals surface area contributed by atoms with Crippen molar-refractivity contribution in [3.63, 3.8) is 0 Å². The third-order valence-corrected chi connectivity index (χ3v) is 6.81. The zero-order valence-corrected chi connectivity index (χ0v) is 18.1. The maximum Gasteiger partial charge on any atom is 0.252 e. The van der Waals surface area contributed by atoms with Gasteiger partial charge in [0.2, 0.25) is 5.82 Å². The molecule has 0 aliphatic heterocycles. The number of carbonyl (C=O) groups excluding carboxylic acids is 1. The van der Waals surface area contributed by atoms with Crippen molar-refractivity contribution in [2.45, 2.75) is 69.1 Å². The Hall–Kier alpha value is -2.78. The molecule has 4 unspecified atom stereocenters.